The van der Waals surface area contributed by atoms with Crippen LogP contribution < -0.4 is 5.32 Å². The van der Waals surface area contributed by atoms with E-state index < -0.39 is 29.8 Å². The summed E-state index contributed by atoms with van der Waals surface area (Å²) in [5.41, 5.74) is -1.86. The summed E-state index contributed by atoms with van der Waals surface area (Å²) in [6, 6.07) is 16.1. The molecule has 0 saturated carbocycles. The van der Waals surface area contributed by atoms with E-state index in [1.807, 2.05) is 0 Å². The van der Waals surface area contributed by atoms with Crippen LogP contribution in [0.4, 0.5) is 0 Å². The fraction of sp³-hybridized carbons (Fsp3) is 0.211. The van der Waals surface area contributed by atoms with E-state index in [1.165, 1.54) is 24.3 Å². The molecule has 130 valence electrons. The van der Waals surface area contributed by atoms with Gasteiger partial charge in [-0.3, -0.25) is 14.4 Å². The summed E-state index contributed by atoms with van der Waals surface area (Å²) in [5, 5.41) is 13.2. The molecule has 1 unspecified atom stereocenters. The zero-order valence-corrected chi connectivity index (χ0v) is 13.8. The van der Waals surface area contributed by atoms with Gasteiger partial charge in [-0.1, -0.05) is 60.7 Å². The van der Waals surface area contributed by atoms with Crippen LogP contribution in [0.15, 0.2) is 60.7 Å². The van der Waals surface area contributed by atoms with Crippen LogP contribution in [-0.4, -0.2) is 29.4 Å². The molecule has 0 saturated heterocycles. The number of nitrogens with one attached hydrogen (secondary N) is 1. The van der Waals surface area contributed by atoms with Crippen molar-refractivity contribution in [1.29, 1.82) is 0 Å². The van der Waals surface area contributed by atoms with E-state index >= 15 is 0 Å². The predicted molar refractivity (Wildman–Crippen MR) is 90.5 cm³/mol. The molecule has 0 aliphatic heterocycles. The lowest BCUT2D eigenvalue weighted by Crippen LogP contribution is -2.52. The summed E-state index contributed by atoms with van der Waals surface area (Å²) in [7, 11) is 0. The second-order valence-electron chi connectivity index (χ2n) is 5.30. The average Bonchev–Trinajstić information content (AvgIpc) is 2.62. The molecule has 25 heavy (non-hydrogen) atoms. The van der Waals surface area contributed by atoms with Crippen LogP contribution in [0, 0.1) is 0 Å². The Bertz CT molecular complexity index is 745. The van der Waals surface area contributed by atoms with Gasteiger partial charge < -0.3 is 15.2 Å². The van der Waals surface area contributed by atoms with E-state index in [4.69, 9.17) is 4.74 Å². The first kappa shape index (κ1) is 18.4. The zero-order chi connectivity index (χ0) is 18.3. The molecular formula is C19H19NO5. The number of hydrogen-bond acceptors (Lipinski definition) is 5. The van der Waals surface area contributed by atoms with Gasteiger partial charge in [0.05, 0.1) is 6.61 Å². The molecule has 0 spiro atoms. The van der Waals surface area contributed by atoms with Crippen LogP contribution in [0.2, 0.25) is 0 Å². The molecule has 2 N–H and O–H groups in total. The summed E-state index contributed by atoms with van der Waals surface area (Å²) < 4.78 is 4.71. The monoisotopic (exact) mass is 341 g/mol. The highest BCUT2D eigenvalue weighted by Gasteiger charge is 2.40. The maximum atomic E-state index is 12.8. The van der Waals surface area contributed by atoms with Crippen molar-refractivity contribution in [1.82, 2.24) is 5.32 Å². The van der Waals surface area contributed by atoms with Gasteiger partial charge in [0.2, 0.25) is 17.4 Å². The number of ketones is 1. The summed E-state index contributed by atoms with van der Waals surface area (Å²) in [6.45, 7) is 1.76. The van der Waals surface area contributed by atoms with Crippen molar-refractivity contribution in [2.45, 2.75) is 19.1 Å². The van der Waals surface area contributed by atoms with Gasteiger partial charge in [0, 0.05) is 11.1 Å². The van der Waals surface area contributed by atoms with Gasteiger partial charge in [-0.05, 0) is 6.92 Å². The van der Waals surface area contributed by atoms with E-state index in [0.717, 1.165) is 0 Å². The van der Waals surface area contributed by atoms with E-state index in [-0.39, 0.29) is 17.7 Å². The number of amides is 1. The largest absolute Gasteiger partial charge is 0.466 e. The highest BCUT2D eigenvalue weighted by Crippen LogP contribution is 2.23. The van der Waals surface area contributed by atoms with Gasteiger partial charge in [-0.25, -0.2) is 0 Å². The molecule has 0 fully saturated rings. The number of Topliss-reactive ketones (excluding diaryl/α,β-unsaturated/α-hetero) is 1. The highest BCUT2D eigenvalue weighted by molar-refractivity contribution is 6.05. The minimum atomic E-state index is -2.29. The minimum Gasteiger partial charge on any atom is -0.466 e. The predicted octanol–water partition coefficient (Wildman–Crippen LogP) is 1.78. The van der Waals surface area contributed by atoms with Crippen LogP contribution in [0.25, 0.3) is 0 Å². The molecule has 1 atom stereocenters. The molecule has 0 aliphatic carbocycles. The number of carbonyl (C=O) groups excluding carboxylic acids is 3. The molecule has 1 amide bonds. The first-order valence-electron chi connectivity index (χ1n) is 7.81. The second-order valence-corrected chi connectivity index (χ2v) is 5.30. The fourth-order valence-electron chi connectivity index (χ4n) is 2.33. The topological polar surface area (TPSA) is 92.7 Å². The highest BCUT2D eigenvalue weighted by atomic mass is 16.5. The number of rotatable bonds is 7. The van der Waals surface area contributed by atoms with Gasteiger partial charge in [-0.2, -0.15) is 0 Å². The Kier molecular flexibility index (Phi) is 6.03. The third kappa shape index (κ3) is 4.51. The quantitative estimate of drug-likeness (QED) is 0.347. The standard InChI is InChI=1S/C19H19NO5/c1-2-25-17(22)13-16(21)20-19(24,15-11-7-4-8-12-15)18(23)14-9-5-3-6-10-14/h3-12,24H,2,13H2,1H3,(H,20,21). The lowest BCUT2D eigenvalue weighted by molar-refractivity contribution is -0.147. The Balaban J connectivity index is 2.32. The molecule has 0 radical (unpaired) electrons. The van der Waals surface area contributed by atoms with Crippen LogP contribution in [0.5, 0.6) is 0 Å². The minimum absolute atomic E-state index is 0.137. The molecule has 2 aromatic carbocycles. The van der Waals surface area contributed by atoms with Gasteiger partial charge in [0.1, 0.15) is 6.42 Å². The van der Waals surface area contributed by atoms with Gasteiger partial charge in [0.25, 0.3) is 0 Å². The van der Waals surface area contributed by atoms with Crippen molar-refractivity contribution in [3.63, 3.8) is 0 Å². The number of benzene rings is 2. The van der Waals surface area contributed by atoms with Crippen molar-refractivity contribution < 1.29 is 24.2 Å². The number of aliphatic hydroxyl groups is 1. The van der Waals surface area contributed by atoms with Crippen LogP contribution in [0.1, 0.15) is 29.3 Å². The zero-order valence-electron chi connectivity index (χ0n) is 13.8. The molecule has 2 rings (SSSR count). The van der Waals surface area contributed by atoms with Crippen LogP contribution in [0.3, 0.4) is 0 Å². The lowest BCUT2D eigenvalue weighted by atomic mass is 9.93. The molecule has 0 heterocycles. The first-order valence-corrected chi connectivity index (χ1v) is 7.81. The van der Waals surface area contributed by atoms with Crippen molar-refractivity contribution in [3.8, 4) is 0 Å². The molecule has 0 aromatic heterocycles. The number of esters is 1. The normalized spacial score (nSPS) is 12.7. The van der Waals surface area contributed by atoms with Crippen molar-refractivity contribution >= 4 is 17.7 Å². The van der Waals surface area contributed by atoms with Crippen molar-refractivity contribution in [2.75, 3.05) is 6.61 Å². The Morgan fingerprint density at radius 3 is 2.12 bits per heavy atom. The summed E-state index contributed by atoms with van der Waals surface area (Å²) in [4.78, 5) is 36.4. The maximum Gasteiger partial charge on any atom is 0.315 e. The first-order chi connectivity index (χ1) is 12.0. The van der Waals surface area contributed by atoms with Crippen molar-refractivity contribution in [3.05, 3.63) is 71.8 Å². The van der Waals surface area contributed by atoms with E-state index in [0.29, 0.717) is 0 Å². The molecule has 0 aliphatic rings. The van der Waals surface area contributed by atoms with E-state index in [1.54, 1.807) is 43.3 Å². The molecule has 2 aromatic rings. The summed E-state index contributed by atoms with van der Waals surface area (Å²) in [6.07, 6.45) is -0.592. The van der Waals surface area contributed by atoms with Gasteiger partial charge in [0.15, 0.2) is 0 Å². The smallest absolute Gasteiger partial charge is 0.315 e. The SMILES string of the molecule is CCOC(=O)CC(=O)NC(O)(C(=O)c1ccccc1)c1ccccc1. The van der Waals surface area contributed by atoms with Crippen molar-refractivity contribution in [2.24, 2.45) is 0 Å². The number of ether oxygens (including phenoxy) is 1. The summed E-state index contributed by atoms with van der Waals surface area (Å²) >= 11 is 0. The van der Waals surface area contributed by atoms with Crippen LogP contribution in [-0.2, 0) is 20.1 Å². The van der Waals surface area contributed by atoms with E-state index in [9.17, 15) is 19.5 Å². The maximum absolute atomic E-state index is 12.8. The third-order valence-corrected chi connectivity index (χ3v) is 3.49. The van der Waals surface area contributed by atoms with Gasteiger partial charge in [-0.15, -0.1) is 0 Å². The Labute approximate surface area is 145 Å². The fourth-order valence-corrected chi connectivity index (χ4v) is 2.33. The Hall–Kier alpha value is -2.99. The molecule has 0 bridgehead atoms. The molecule has 6 nitrogen and oxygen atoms in total. The average molecular weight is 341 g/mol. The molecular weight excluding hydrogens is 322 g/mol. The molecule has 6 heteroatoms. The van der Waals surface area contributed by atoms with Crippen LogP contribution >= 0.6 is 0 Å². The Morgan fingerprint density at radius 1 is 1.00 bits per heavy atom. The number of carbonyl (C=O) groups is 3. The summed E-state index contributed by atoms with van der Waals surface area (Å²) in [5.74, 6) is -2.24. The lowest BCUT2D eigenvalue weighted by Gasteiger charge is -2.28. The third-order valence-electron chi connectivity index (χ3n) is 3.49. The Morgan fingerprint density at radius 2 is 1.56 bits per heavy atom. The van der Waals surface area contributed by atoms with Gasteiger partial charge >= 0.3 is 5.97 Å². The second kappa shape index (κ2) is 8.21. The number of hydrogen-bond donors (Lipinski definition) is 2. The van der Waals surface area contributed by atoms with E-state index in [2.05, 4.69) is 5.32 Å².